The second-order valence-electron chi connectivity index (χ2n) is 5.22. The summed E-state index contributed by atoms with van der Waals surface area (Å²) in [6.45, 7) is 2.52. The van der Waals surface area contributed by atoms with Crippen LogP contribution in [0.1, 0.15) is 39.5 Å². The normalized spacial score (nSPS) is 19.0. The van der Waals surface area contributed by atoms with E-state index in [0.29, 0.717) is 0 Å². The maximum atomic E-state index is 12.4. The zero-order valence-electron chi connectivity index (χ0n) is 10.3. The molecule has 0 saturated heterocycles. The molecule has 1 fully saturated rings. The highest BCUT2D eigenvalue weighted by molar-refractivity contribution is 5.87. The van der Waals surface area contributed by atoms with Crippen LogP contribution in [-0.4, -0.2) is 29.7 Å². The minimum Gasteiger partial charge on any atom is -0.480 e. The number of halogens is 1. The smallest absolute Gasteiger partial charge is 0.328 e. The summed E-state index contributed by atoms with van der Waals surface area (Å²) in [7, 11) is 0. The van der Waals surface area contributed by atoms with Gasteiger partial charge in [0.05, 0.1) is 0 Å². The van der Waals surface area contributed by atoms with Crippen LogP contribution in [-0.2, 0) is 9.59 Å². The van der Waals surface area contributed by atoms with Crippen LogP contribution in [0.3, 0.4) is 0 Å². The molecule has 1 amide bonds. The summed E-state index contributed by atoms with van der Waals surface area (Å²) >= 11 is 0. The van der Waals surface area contributed by atoms with Gasteiger partial charge >= 0.3 is 5.97 Å². The highest BCUT2D eigenvalue weighted by Crippen LogP contribution is 2.39. The number of alkyl halides is 1. The molecule has 1 aliphatic carbocycles. The second-order valence-corrected chi connectivity index (χ2v) is 5.22. The van der Waals surface area contributed by atoms with Gasteiger partial charge in [0.1, 0.15) is 6.67 Å². The molecule has 0 spiro atoms. The summed E-state index contributed by atoms with van der Waals surface area (Å²) in [5.74, 6) is -1.44. The van der Waals surface area contributed by atoms with E-state index in [9.17, 15) is 14.0 Å². The summed E-state index contributed by atoms with van der Waals surface area (Å²) in [5, 5.41) is 11.0. The minimum absolute atomic E-state index is 0.261. The topological polar surface area (TPSA) is 66.4 Å². The fourth-order valence-corrected chi connectivity index (χ4v) is 2.34. The van der Waals surface area contributed by atoms with E-state index in [2.05, 4.69) is 5.32 Å². The maximum Gasteiger partial charge on any atom is 0.328 e. The van der Waals surface area contributed by atoms with Crippen molar-refractivity contribution in [2.45, 2.75) is 45.6 Å². The Morgan fingerprint density at radius 1 is 1.41 bits per heavy atom. The van der Waals surface area contributed by atoms with Gasteiger partial charge in [-0.25, -0.2) is 9.18 Å². The Bertz CT molecular complexity index is 298. The third-order valence-corrected chi connectivity index (χ3v) is 3.72. The second kappa shape index (κ2) is 5.47. The molecule has 0 aliphatic heterocycles. The lowest BCUT2D eigenvalue weighted by Gasteiger charge is -2.31. The van der Waals surface area contributed by atoms with Crippen LogP contribution in [0.2, 0.25) is 0 Å². The van der Waals surface area contributed by atoms with Gasteiger partial charge in [0.25, 0.3) is 0 Å². The van der Waals surface area contributed by atoms with E-state index < -0.39 is 24.1 Å². The van der Waals surface area contributed by atoms with E-state index >= 15 is 0 Å². The number of rotatable bonds is 5. The van der Waals surface area contributed by atoms with Gasteiger partial charge in [0, 0.05) is 5.41 Å². The molecule has 0 radical (unpaired) electrons. The van der Waals surface area contributed by atoms with Crippen molar-refractivity contribution in [1.29, 1.82) is 0 Å². The number of hydrogen-bond donors (Lipinski definition) is 2. The van der Waals surface area contributed by atoms with Gasteiger partial charge in [0.15, 0.2) is 6.04 Å². The van der Waals surface area contributed by atoms with Gasteiger partial charge in [-0.3, -0.25) is 4.79 Å². The summed E-state index contributed by atoms with van der Waals surface area (Å²) < 4.78 is 12.4. The first kappa shape index (κ1) is 13.9. The van der Waals surface area contributed by atoms with Crippen molar-refractivity contribution in [3.63, 3.8) is 0 Å². The summed E-state index contributed by atoms with van der Waals surface area (Å²) in [6, 6.07) is -1.43. The van der Waals surface area contributed by atoms with Gasteiger partial charge in [-0.1, -0.05) is 26.7 Å². The average molecular weight is 245 g/mol. The third kappa shape index (κ3) is 3.17. The Kier molecular flexibility index (Phi) is 4.48. The zero-order chi connectivity index (χ0) is 13.1. The molecule has 1 rings (SSSR count). The molecule has 1 unspecified atom stereocenters. The molecule has 1 aliphatic rings. The SMILES string of the molecule is CC(C)(C(=O)NC(CF)C(=O)O)C1CCCC1. The number of nitrogens with one attached hydrogen (secondary N) is 1. The summed E-state index contributed by atoms with van der Waals surface area (Å²) in [4.78, 5) is 22.6. The molecule has 0 aromatic rings. The van der Waals surface area contributed by atoms with E-state index in [1.54, 1.807) is 13.8 Å². The fraction of sp³-hybridized carbons (Fsp3) is 0.833. The van der Waals surface area contributed by atoms with Gasteiger partial charge in [-0.15, -0.1) is 0 Å². The van der Waals surface area contributed by atoms with Crippen LogP contribution in [0, 0.1) is 11.3 Å². The molecule has 0 bridgehead atoms. The third-order valence-electron chi connectivity index (χ3n) is 3.72. The van der Waals surface area contributed by atoms with E-state index in [0.717, 1.165) is 25.7 Å². The quantitative estimate of drug-likeness (QED) is 0.775. The molecule has 4 nitrogen and oxygen atoms in total. The van der Waals surface area contributed by atoms with E-state index in [1.165, 1.54) is 0 Å². The number of carbonyl (C=O) groups excluding carboxylic acids is 1. The molecule has 0 aromatic carbocycles. The van der Waals surface area contributed by atoms with Crippen molar-refractivity contribution >= 4 is 11.9 Å². The lowest BCUT2D eigenvalue weighted by Crippen LogP contribution is -2.49. The van der Waals surface area contributed by atoms with Crippen LogP contribution in [0.5, 0.6) is 0 Å². The molecule has 1 saturated carbocycles. The number of amides is 1. The molecule has 0 aromatic heterocycles. The predicted molar refractivity (Wildman–Crippen MR) is 61.3 cm³/mol. The lowest BCUT2D eigenvalue weighted by molar-refractivity contribution is -0.144. The van der Waals surface area contributed by atoms with E-state index in [1.807, 2.05) is 0 Å². The van der Waals surface area contributed by atoms with Gasteiger partial charge < -0.3 is 10.4 Å². The van der Waals surface area contributed by atoms with Crippen molar-refractivity contribution in [2.75, 3.05) is 6.67 Å². The fourth-order valence-electron chi connectivity index (χ4n) is 2.34. The number of aliphatic carboxylic acids is 1. The molecular weight excluding hydrogens is 225 g/mol. The Labute approximate surface area is 101 Å². The predicted octanol–water partition coefficient (Wildman–Crippen LogP) is 1.74. The number of hydrogen-bond acceptors (Lipinski definition) is 2. The summed E-state index contributed by atoms with van der Waals surface area (Å²) in [5.41, 5.74) is -0.626. The molecule has 98 valence electrons. The monoisotopic (exact) mass is 245 g/mol. The van der Waals surface area contributed by atoms with Crippen molar-refractivity contribution < 1.29 is 19.1 Å². The molecular formula is C12H20FNO3. The standard InChI is InChI=1S/C12H20FNO3/c1-12(2,8-5-3-4-6-8)11(17)14-9(7-13)10(15)16/h8-9H,3-7H2,1-2H3,(H,14,17)(H,15,16). The average Bonchev–Trinajstić information content (AvgIpc) is 2.78. The Morgan fingerprint density at radius 2 is 1.94 bits per heavy atom. The Hall–Kier alpha value is -1.13. The highest BCUT2D eigenvalue weighted by Gasteiger charge is 2.39. The van der Waals surface area contributed by atoms with Crippen LogP contribution in [0.15, 0.2) is 0 Å². The van der Waals surface area contributed by atoms with E-state index in [4.69, 9.17) is 5.11 Å². The number of carboxylic acid groups (broad SMARTS) is 1. The summed E-state index contributed by atoms with van der Waals surface area (Å²) in [6.07, 6.45) is 4.17. The highest BCUT2D eigenvalue weighted by atomic mass is 19.1. The first-order valence-corrected chi connectivity index (χ1v) is 5.99. The van der Waals surface area contributed by atoms with Crippen LogP contribution in [0.25, 0.3) is 0 Å². The first-order valence-electron chi connectivity index (χ1n) is 5.99. The van der Waals surface area contributed by atoms with Crippen molar-refractivity contribution in [1.82, 2.24) is 5.32 Å². The van der Waals surface area contributed by atoms with Crippen molar-refractivity contribution in [3.05, 3.63) is 0 Å². The molecule has 1 atom stereocenters. The van der Waals surface area contributed by atoms with Crippen molar-refractivity contribution in [3.8, 4) is 0 Å². The maximum absolute atomic E-state index is 12.4. The van der Waals surface area contributed by atoms with Crippen molar-refractivity contribution in [2.24, 2.45) is 11.3 Å². The lowest BCUT2D eigenvalue weighted by atomic mass is 9.77. The molecule has 2 N–H and O–H groups in total. The molecule has 5 heteroatoms. The van der Waals surface area contributed by atoms with E-state index in [-0.39, 0.29) is 11.8 Å². The van der Waals surface area contributed by atoms with Gasteiger partial charge in [0.2, 0.25) is 5.91 Å². The minimum atomic E-state index is -1.43. The van der Waals surface area contributed by atoms with Crippen LogP contribution < -0.4 is 5.32 Å². The first-order chi connectivity index (χ1) is 7.89. The van der Waals surface area contributed by atoms with Gasteiger partial charge in [-0.05, 0) is 18.8 Å². The van der Waals surface area contributed by atoms with Crippen LogP contribution in [0.4, 0.5) is 4.39 Å². The molecule has 0 heterocycles. The molecule has 17 heavy (non-hydrogen) atoms. The zero-order valence-corrected chi connectivity index (χ0v) is 10.3. The van der Waals surface area contributed by atoms with Crippen LogP contribution >= 0.6 is 0 Å². The Balaban J connectivity index is 2.64. The van der Waals surface area contributed by atoms with Gasteiger partial charge in [-0.2, -0.15) is 0 Å². The largest absolute Gasteiger partial charge is 0.480 e. The number of carboxylic acids is 1. The number of carbonyl (C=O) groups is 2. The Morgan fingerprint density at radius 3 is 2.35 bits per heavy atom.